The third-order valence-electron chi connectivity index (χ3n) is 3.89. The molecular formula is C19H19F3N2O4. The van der Waals surface area contributed by atoms with Crippen LogP contribution in [0.4, 0.5) is 18.9 Å². The number of anilines is 1. The zero-order chi connectivity index (χ0) is 20.7. The Bertz CT molecular complexity index is 823. The smallest absolute Gasteiger partial charge is 0.416 e. The largest absolute Gasteiger partial charge is 0.496 e. The number of methoxy groups -OCH3 is 2. The van der Waals surface area contributed by atoms with Gasteiger partial charge in [0.2, 0.25) is 0 Å². The maximum Gasteiger partial charge on any atom is 0.416 e. The predicted octanol–water partition coefficient (Wildman–Crippen LogP) is 3.16. The lowest BCUT2D eigenvalue weighted by molar-refractivity contribution is -0.137. The molecule has 150 valence electrons. The molecule has 2 rings (SSSR count). The second-order valence-electron chi connectivity index (χ2n) is 5.71. The van der Waals surface area contributed by atoms with Gasteiger partial charge < -0.3 is 20.1 Å². The van der Waals surface area contributed by atoms with E-state index in [4.69, 9.17) is 9.47 Å². The van der Waals surface area contributed by atoms with Crippen LogP contribution in [0.5, 0.6) is 5.75 Å². The first-order valence-corrected chi connectivity index (χ1v) is 8.18. The Balaban J connectivity index is 1.95. The van der Waals surface area contributed by atoms with E-state index in [0.29, 0.717) is 11.3 Å². The van der Waals surface area contributed by atoms with Crippen LogP contribution in [0, 0.1) is 0 Å². The van der Waals surface area contributed by atoms with Gasteiger partial charge in [0.1, 0.15) is 11.9 Å². The number of rotatable bonds is 6. The third kappa shape index (κ3) is 5.46. The third-order valence-corrected chi connectivity index (χ3v) is 3.89. The maximum atomic E-state index is 12.5. The number of para-hydroxylation sites is 1. The van der Waals surface area contributed by atoms with Gasteiger partial charge in [-0.15, -0.1) is 0 Å². The molecule has 0 aliphatic rings. The molecule has 0 aliphatic carbocycles. The van der Waals surface area contributed by atoms with Crippen LogP contribution in [0.25, 0.3) is 0 Å². The van der Waals surface area contributed by atoms with Crippen molar-refractivity contribution in [2.24, 2.45) is 0 Å². The minimum atomic E-state index is -4.48. The van der Waals surface area contributed by atoms with Crippen molar-refractivity contribution in [1.29, 1.82) is 0 Å². The van der Waals surface area contributed by atoms with Crippen LogP contribution in [0.2, 0.25) is 0 Å². The summed E-state index contributed by atoms with van der Waals surface area (Å²) in [5.41, 5.74) is -0.0909. The summed E-state index contributed by atoms with van der Waals surface area (Å²) in [5, 5.41) is 4.67. The van der Waals surface area contributed by atoms with Crippen LogP contribution in [-0.4, -0.2) is 32.6 Å². The van der Waals surface area contributed by atoms with Crippen molar-refractivity contribution in [3.05, 3.63) is 59.7 Å². The molecular weight excluding hydrogens is 377 g/mol. The average molecular weight is 396 g/mol. The van der Waals surface area contributed by atoms with Crippen LogP contribution in [0.3, 0.4) is 0 Å². The van der Waals surface area contributed by atoms with E-state index in [0.717, 1.165) is 24.3 Å². The predicted molar refractivity (Wildman–Crippen MR) is 95.8 cm³/mol. The van der Waals surface area contributed by atoms with E-state index in [-0.39, 0.29) is 12.2 Å². The Morgan fingerprint density at radius 1 is 1.00 bits per heavy atom. The highest BCUT2D eigenvalue weighted by atomic mass is 19.4. The molecule has 1 unspecified atom stereocenters. The number of benzene rings is 2. The van der Waals surface area contributed by atoms with Crippen molar-refractivity contribution in [3.63, 3.8) is 0 Å². The molecule has 0 bridgehead atoms. The van der Waals surface area contributed by atoms with Gasteiger partial charge in [0, 0.05) is 24.9 Å². The molecule has 0 fully saturated rings. The fraction of sp³-hybridized carbons (Fsp3) is 0.263. The molecule has 9 heteroatoms. The summed E-state index contributed by atoms with van der Waals surface area (Å²) in [7, 11) is 2.95. The molecule has 1 atom stereocenters. The van der Waals surface area contributed by atoms with Gasteiger partial charge in [-0.2, -0.15) is 13.2 Å². The van der Waals surface area contributed by atoms with Crippen LogP contribution >= 0.6 is 0 Å². The lowest BCUT2D eigenvalue weighted by atomic mass is 10.1. The molecule has 0 spiro atoms. The molecule has 28 heavy (non-hydrogen) atoms. The van der Waals surface area contributed by atoms with Gasteiger partial charge in [0.15, 0.2) is 0 Å². The maximum absolute atomic E-state index is 12.5. The topological polar surface area (TPSA) is 76.7 Å². The number of hydrogen-bond donors (Lipinski definition) is 2. The average Bonchev–Trinajstić information content (AvgIpc) is 2.68. The Hall–Kier alpha value is -3.07. The fourth-order valence-corrected chi connectivity index (χ4v) is 2.45. The SMILES string of the molecule is COc1ccccc1C(CNC(=O)C(=O)Nc1ccc(C(F)(F)F)cc1)OC. The number of hydrogen-bond acceptors (Lipinski definition) is 4. The van der Waals surface area contributed by atoms with Gasteiger partial charge in [0.05, 0.1) is 12.7 Å². The summed E-state index contributed by atoms with van der Waals surface area (Å²) in [6.07, 6.45) is -5.04. The van der Waals surface area contributed by atoms with Gasteiger partial charge in [-0.3, -0.25) is 9.59 Å². The summed E-state index contributed by atoms with van der Waals surface area (Å²) in [4.78, 5) is 23.9. The normalized spacial score (nSPS) is 12.2. The molecule has 0 radical (unpaired) electrons. The minimum absolute atomic E-state index is 0.00383. The van der Waals surface area contributed by atoms with E-state index in [1.165, 1.54) is 14.2 Å². The number of halogens is 3. The van der Waals surface area contributed by atoms with Crippen LogP contribution in [0.15, 0.2) is 48.5 Å². The van der Waals surface area contributed by atoms with Crippen molar-refractivity contribution in [1.82, 2.24) is 5.32 Å². The van der Waals surface area contributed by atoms with E-state index in [9.17, 15) is 22.8 Å². The van der Waals surface area contributed by atoms with E-state index >= 15 is 0 Å². The van der Waals surface area contributed by atoms with Crippen LogP contribution in [0.1, 0.15) is 17.2 Å². The number of carbonyl (C=O) groups excluding carboxylic acids is 2. The van der Waals surface area contributed by atoms with Crippen molar-refractivity contribution < 1.29 is 32.2 Å². The Morgan fingerprint density at radius 3 is 2.21 bits per heavy atom. The molecule has 0 aromatic heterocycles. The first-order chi connectivity index (χ1) is 13.3. The first-order valence-electron chi connectivity index (χ1n) is 8.18. The van der Waals surface area contributed by atoms with Gasteiger partial charge >= 0.3 is 18.0 Å². The molecule has 2 aromatic carbocycles. The van der Waals surface area contributed by atoms with Gasteiger partial charge in [-0.25, -0.2) is 0 Å². The Morgan fingerprint density at radius 2 is 1.64 bits per heavy atom. The minimum Gasteiger partial charge on any atom is -0.496 e. The standard InChI is InChI=1S/C19H19F3N2O4/c1-27-15-6-4-3-5-14(15)16(28-2)11-23-17(25)18(26)24-13-9-7-12(8-10-13)19(20,21)22/h3-10,16H,11H2,1-2H3,(H,23,25)(H,24,26). The summed E-state index contributed by atoms with van der Waals surface area (Å²) in [5.74, 6) is -1.38. The van der Waals surface area contributed by atoms with Crippen molar-refractivity contribution in [2.45, 2.75) is 12.3 Å². The number of carbonyl (C=O) groups is 2. The van der Waals surface area contributed by atoms with Gasteiger partial charge in [0.25, 0.3) is 0 Å². The van der Waals surface area contributed by atoms with Crippen molar-refractivity contribution in [2.75, 3.05) is 26.1 Å². The van der Waals surface area contributed by atoms with Crippen molar-refractivity contribution >= 4 is 17.5 Å². The summed E-state index contributed by atoms with van der Waals surface area (Å²) >= 11 is 0. The van der Waals surface area contributed by atoms with Crippen LogP contribution < -0.4 is 15.4 Å². The lowest BCUT2D eigenvalue weighted by Crippen LogP contribution is -2.38. The Labute approximate surface area is 159 Å². The first kappa shape index (κ1) is 21.2. The highest BCUT2D eigenvalue weighted by molar-refractivity contribution is 6.39. The molecule has 0 heterocycles. The quantitative estimate of drug-likeness (QED) is 0.736. The summed E-state index contributed by atoms with van der Waals surface area (Å²) in [6.45, 7) is -0.00383. The molecule has 6 nitrogen and oxygen atoms in total. The highest BCUT2D eigenvalue weighted by Crippen LogP contribution is 2.30. The monoisotopic (exact) mass is 396 g/mol. The van der Waals surface area contributed by atoms with Crippen LogP contribution in [-0.2, 0) is 20.5 Å². The second-order valence-corrected chi connectivity index (χ2v) is 5.71. The van der Waals surface area contributed by atoms with Gasteiger partial charge in [-0.05, 0) is 30.3 Å². The van der Waals surface area contributed by atoms with E-state index in [2.05, 4.69) is 10.6 Å². The number of ether oxygens (including phenoxy) is 2. The zero-order valence-electron chi connectivity index (χ0n) is 15.2. The fourth-order valence-electron chi connectivity index (χ4n) is 2.45. The second kappa shape index (κ2) is 9.23. The molecule has 2 amide bonds. The summed E-state index contributed by atoms with van der Waals surface area (Å²) < 4.78 is 48.2. The molecule has 0 saturated heterocycles. The number of amides is 2. The molecule has 0 saturated carbocycles. The number of nitrogens with one attached hydrogen (secondary N) is 2. The molecule has 2 aromatic rings. The molecule has 0 aliphatic heterocycles. The summed E-state index contributed by atoms with van der Waals surface area (Å²) in [6, 6.07) is 10.8. The van der Waals surface area contributed by atoms with Crippen molar-refractivity contribution in [3.8, 4) is 5.75 Å². The van der Waals surface area contributed by atoms with E-state index in [1.54, 1.807) is 24.3 Å². The highest BCUT2D eigenvalue weighted by Gasteiger charge is 2.30. The van der Waals surface area contributed by atoms with Gasteiger partial charge in [-0.1, -0.05) is 18.2 Å². The Kier molecular flexibility index (Phi) is 7.00. The lowest BCUT2D eigenvalue weighted by Gasteiger charge is -2.19. The number of alkyl halides is 3. The van der Waals surface area contributed by atoms with E-state index in [1.807, 2.05) is 0 Å². The van der Waals surface area contributed by atoms with E-state index < -0.39 is 29.7 Å². The molecule has 2 N–H and O–H groups in total. The zero-order valence-corrected chi connectivity index (χ0v) is 15.2.